The average Bonchev–Trinajstić information content (AvgIpc) is 3.03. The number of aryl methyl sites for hydroxylation is 1. The predicted molar refractivity (Wildman–Crippen MR) is 111 cm³/mol. The normalized spacial score (nSPS) is 19.0. The van der Waals surface area contributed by atoms with Crippen LogP contribution in [0.15, 0.2) is 53.4 Å². The molecular formula is C21H22N4O2S. The van der Waals surface area contributed by atoms with Crippen LogP contribution in [0.25, 0.3) is 11.0 Å². The monoisotopic (exact) mass is 394 g/mol. The smallest absolute Gasteiger partial charge is 0.252 e. The maximum absolute atomic E-state index is 13.1. The van der Waals surface area contributed by atoms with Crippen molar-refractivity contribution in [3.05, 3.63) is 54.4 Å². The number of amides is 2. The quantitative estimate of drug-likeness (QED) is 0.691. The molecule has 1 aliphatic rings. The molecule has 1 aliphatic heterocycles. The number of nitrogens with one attached hydrogen (secondary N) is 1. The molecule has 1 aromatic heterocycles. The zero-order chi connectivity index (χ0) is 19.9. The number of para-hydroxylation sites is 3. The van der Waals surface area contributed by atoms with Gasteiger partial charge in [-0.15, -0.1) is 0 Å². The molecule has 144 valence electrons. The van der Waals surface area contributed by atoms with E-state index in [4.69, 9.17) is 0 Å². The van der Waals surface area contributed by atoms with E-state index in [9.17, 15) is 9.59 Å². The number of carbonyl (C=O) groups is 2. The van der Waals surface area contributed by atoms with E-state index in [1.165, 1.54) is 11.8 Å². The Kier molecular flexibility index (Phi) is 4.63. The second-order valence-corrected chi connectivity index (χ2v) is 8.37. The molecule has 0 aliphatic carbocycles. The Balaban J connectivity index is 1.58. The lowest BCUT2D eigenvalue weighted by Crippen LogP contribution is -2.56. The largest absolute Gasteiger partial charge is 0.347 e. The molecule has 0 fully saturated rings. The van der Waals surface area contributed by atoms with Gasteiger partial charge in [0.15, 0.2) is 4.75 Å². The molecule has 2 heterocycles. The van der Waals surface area contributed by atoms with Crippen molar-refractivity contribution >= 4 is 40.3 Å². The lowest BCUT2D eigenvalue weighted by Gasteiger charge is -2.38. The molecule has 0 saturated carbocycles. The first-order valence-electron chi connectivity index (χ1n) is 9.24. The Labute approximate surface area is 167 Å². The van der Waals surface area contributed by atoms with Gasteiger partial charge in [0, 0.05) is 18.5 Å². The Bertz CT molecular complexity index is 1080. The van der Waals surface area contributed by atoms with Gasteiger partial charge in [-0.1, -0.05) is 36.0 Å². The zero-order valence-electron chi connectivity index (χ0n) is 16.1. The van der Waals surface area contributed by atoms with Gasteiger partial charge in [0.2, 0.25) is 5.91 Å². The summed E-state index contributed by atoms with van der Waals surface area (Å²) in [5, 5.41) is 2.93. The zero-order valence-corrected chi connectivity index (χ0v) is 16.9. The van der Waals surface area contributed by atoms with Crippen LogP contribution in [-0.4, -0.2) is 32.7 Å². The fourth-order valence-corrected chi connectivity index (χ4v) is 4.77. The van der Waals surface area contributed by atoms with Crippen LogP contribution in [0.1, 0.15) is 19.7 Å². The minimum absolute atomic E-state index is 0.193. The molecule has 28 heavy (non-hydrogen) atoms. The molecule has 0 saturated heterocycles. The summed E-state index contributed by atoms with van der Waals surface area (Å²) >= 11 is 1.31. The second kappa shape index (κ2) is 6.98. The summed E-state index contributed by atoms with van der Waals surface area (Å²) in [5.74, 6) is 0.253. The first-order chi connectivity index (χ1) is 13.5. The Hall–Kier alpha value is -2.80. The summed E-state index contributed by atoms with van der Waals surface area (Å²) in [6.07, 6.45) is 0. The number of rotatable bonds is 4. The number of thioether (sulfide) groups is 1. The van der Waals surface area contributed by atoms with Crippen LogP contribution in [-0.2, 0) is 23.2 Å². The molecule has 2 aromatic carbocycles. The van der Waals surface area contributed by atoms with Gasteiger partial charge in [0.25, 0.3) is 5.91 Å². The Morgan fingerprint density at radius 3 is 2.64 bits per heavy atom. The summed E-state index contributed by atoms with van der Waals surface area (Å²) in [5.41, 5.74) is 2.75. The third kappa shape index (κ3) is 2.86. The number of hydrogen-bond donors (Lipinski definition) is 1. The summed E-state index contributed by atoms with van der Waals surface area (Å²) in [6.45, 7) is 4.40. The highest BCUT2D eigenvalue weighted by Crippen LogP contribution is 2.45. The number of imidazole rings is 1. The van der Waals surface area contributed by atoms with Crippen molar-refractivity contribution in [3.63, 3.8) is 0 Å². The van der Waals surface area contributed by atoms with E-state index in [1.54, 1.807) is 11.8 Å². The van der Waals surface area contributed by atoms with Crippen LogP contribution in [0.2, 0.25) is 0 Å². The summed E-state index contributed by atoms with van der Waals surface area (Å²) in [7, 11) is 1.92. The molecule has 2 amide bonds. The molecule has 1 unspecified atom stereocenters. The third-order valence-corrected chi connectivity index (χ3v) is 6.49. The van der Waals surface area contributed by atoms with Gasteiger partial charge in [-0.05, 0) is 38.1 Å². The van der Waals surface area contributed by atoms with Crippen molar-refractivity contribution in [2.24, 2.45) is 7.05 Å². The standard InChI is InChI=1S/C21H22N4O2S/c1-4-25-16-11-7-8-12-17(16)28-21(2,20(25)27)19(26)22-13-18-23-14-9-5-6-10-15(14)24(18)3/h5-12H,4,13H2,1-3H3,(H,22,26). The van der Waals surface area contributed by atoms with E-state index in [0.29, 0.717) is 6.54 Å². The molecule has 1 atom stereocenters. The number of nitrogens with zero attached hydrogens (tertiary/aromatic N) is 3. The summed E-state index contributed by atoms with van der Waals surface area (Å²) in [6, 6.07) is 15.5. The van der Waals surface area contributed by atoms with Crippen LogP contribution in [0.4, 0.5) is 5.69 Å². The maximum atomic E-state index is 13.1. The molecule has 0 bridgehead atoms. The van der Waals surface area contributed by atoms with Gasteiger partial charge in [-0.25, -0.2) is 4.98 Å². The molecule has 1 N–H and O–H groups in total. The second-order valence-electron chi connectivity index (χ2n) is 6.91. The Morgan fingerprint density at radius 1 is 1.18 bits per heavy atom. The van der Waals surface area contributed by atoms with Gasteiger partial charge in [0.1, 0.15) is 5.82 Å². The van der Waals surface area contributed by atoms with E-state index in [1.807, 2.05) is 67.1 Å². The lowest BCUT2D eigenvalue weighted by atomic mass is 10.1. The molecule has 6 nitrogen and oxygen atoms in total. The fourth-order valence-electron chi connectivity index (χ4n) is 3.54. The maximum Gasteiger partial charge on any atom is 0.252 e. The van der Waals surface area contributed by atoms with Crippen LogP contribution < -0.4 is 10.2 Å². The SMILES string of the molecule is CCN1C(=O)C(C)(C(=O)NCc2nc3ccccc3n2C)Sc2ccccc21. The van der Waals surface area contributed by atoms with Gasteiger partial charge >= 0.3 is 0 Å². The topological polar surface area (TPSA) is 67.2 Å². The van der Waals surface area contributed by atoms with Crippen molar-refractivity contribution < 1.29 is 9.59 Å². The molecular weight excluding hydrogens is 372 g/mol. The first-order valence-corrected chi connectivity index (χ1v) is 10.1. The van der Waals surface area contributed by atoms with Gasteiger partial charge in [-0.3, -0.25) is 9.59 Å². The number of anilines is 1. The van der Waals surface area contributed by atoms with Crippen molar-refractivity contribution in [2.75, 3.05) is 11.4 Å². The number of benzene rings is 2. The average molecular weight is 395 g/mol. The van der Waals surface area contributed by atoms with E-state index in [2.05, 4.69) is 10.3 Å². The minimum Gasteiger partial charge on any atom is -0.347 e. The summed E-state index contributed by atoms with van der Waals surface area (Å²) in [4.78, 5) is 33.4. The molecule has 3 aromatic rings. The summed E-state index contributed by atoms with van der Waals surface area (Å²) < 4.78 is 0.746. The predicted octanol–water partition coefficient (Wildman–Crippen LogP) is 3.11. The van der Waals surface area contributed by atoms with Gasteiger partial charge in [-0.2, -0.15) is 0 Å². The number of hydrogen-bond acceptors (Lipinski definition) is 4. The molecule has 0 spiro atoms. The van der Waals surface area contributed by atoms with E-state index in [0.717, 1.165) is 27.4 Å². The number of fused-ring (bicyclic) bond motifs is 2. The fraction of sp³-hybridized carbons (Fsp3) is 0.286. The first kappa shape index (κ1) is 18.6. The highest BCUT2D eigenvalue weighted by Gasteiger charge is 2.48. The number of carbonyl (C=O) groups excluding carboxylic acids is 2. The molecule has 0 radical (unpaired) electrons. The van der Waals surface area contributed by atoms with Crippen molar-refractivity contribution in [3.8, 4) is 0 Å². The van der Waals surface area contributed by atoms with Crippen LogP contribution >= 0.6 is 11.8 Å². The van der Waals surface area contributed by atoms with Gasteiger partial charge < -0.3 is 14.8 Å². The third-order valence-electron chi connectivity index (χ3n) is 5.16. The lowest BCUT2D eigenvalue weighted by molar-refractivity contribution is -0.131. The van der Waals surface area contributed by atoms with Gasteiger partial charge in [0.05, 0.1) is 23.3 Å². The molecule has 4 rings (SSSR count). The highest BCUT2D eigenvalue weighted by molar-refractivity contribution is 8.02. The Morgan fingerprint density at radius 2 is 1.89 bits per heavy atom. The van der Waals surface area contributed by atoms with E-state index < -0.39 is 4.75 Å². The van der Waals surface area contributed by atoms with Crippen molar-refractivity contribution in [1.82, 2.24) is 14.9 Å². The van der Waals surface area contributed by atoms with Crippen LogP contribution in [0, 0.1) is 0 Å². The van der Waals surface area contributed by atoms with Crippen molar-refractivity contribution in [2.45, 2.75) is 30.0 Å². The highest BCUT2D eigenvalue weighted by atomic mass is 32.2. The van der Waals surface area contributed by atoms with Crippen LogP contribution in [0.5, 0.6) is 0 Å². The van der Waals surface area contributed by atoms with Crippen molar-refractivity contribution in [1.29, 1.82) is 0 Å². The molecule has 7 heteroatoms. The van der Waals surface area contributed by atoms with E-state index >= 15 is 0 Å². The number of aromatic nitrogens is 2. The minimum atomic E-state index is -1.21. The van der Waals surface area contributed by atoms with Crippen LogP contribution in [0.3, 0.4) is 0 Å². The van der Waals surface area contributed by atoms with E-state index in [-0.39, 0.29) is 18.4 Å².